The standard InChI is InChI=1S/C24H33N3O3/c1-4-25-23(27-17-24(13-8-14-24)19-9-6-5-7-10-19)26-16-20(28)18-11-12-21(29-2)22(15-18)30-3/h5-7,9-12,15,20,28H,4,8,13-14,16-17H2,1-3H3,(H2,25,26,27). The molecule has 0 spiro atoms. The van der Waals surface area contributed by atoms with Crippen molar-refractivity contribution in [1.82, 2.24) is 10.6 Å². The predicted octanol–water partition coefficient (Wildman–Crippen LogP) is 3.41. The SMILES string of the molecule is CCNC(=NCC1(c2ccccc2)CCC1)NCC(O)c1ccc(OC)c(OC)c1. The van der Waals surface area contributed by atoms with Gasteiger partial charge in [-0.15, -0.1) is 0 Å². The Kier molecular flexibility index (Phi) is 7.57. The van der Waals surface area contributed by atoms with Gasteiger partial charge in [-0.1, -0.05) is 42.8 Å². The van der Waals surface area contributed by atoms with Gasteiger partial charge in [0.05, 0.1) is 26.9 Å². The van der Waals surface area contributed by atoms with Gasteiger partial charge in [0.1, 0.15) is 0 Å². The molecule has 0 amide bonds. The second-order valence-corrected chi connectivity index (χ2v) is 7.71. The largest absolute Gasteiger partial charge is 0.493 e. The number of methoxy groups -OCH3 is 2. The molecule has 3 rings (SSSR count). The molecule has 6 heteroatoms. The molecule has 6 nitrogen and oxygen atoms in total. The van der Waals surface area contributed by atoms with Gasteiger partial charge in [-0.05, 0) is 43.0 Å². The van der Waals surface area contributed by atoms with Crippen LogP contribution in [0, 0.1) is 0 Å². The van der Waals surface area contributed by atoms with Crippen molar-refractivity contribution in [3.05, 3.63) is 59.7 Å². The molecule has 1 saturated carbocycles. The number of hydrogen-bond donors (Lipinski definition) is 3. The molecule has 0 saturated heterocycles. The maximum atomic E-state index is 10.6. The van der Waals surface area contributed by atoms with Crippen LogP contribution >= 0.6 is 0 Å². The first-order valence-electron chi connectivity index (χ1n) is 10.6. The second-order valence-electron chi connectivity index (χ2n) is 7.71. The van der Waals surface area contributed by atoms with Crippen molar-refractivity contribution in [2.45, 2.75) is 37.7 Å². The number of nitrogens with one attached hydrogen (secondary N) is 2. The molecule has 162 valence electrons. The van der Waals surface area contributed by atoms with Crippen LogP contribution in [0.3, 0.4) is 0 Å². The van der Waals surface area contributed by atoms with E-state index in [0.717, 1.165) is 37.5 Å². The maximum Gasteiger partial charge on any atom is 0.191 e. The summed E-state index contributed by atoms with van der Waals surface area (Å²) in [6, 6.07) is 16.1. The van der Waals surface area contributed by atoms with Gasteiger partial charge in [0.15, 0.2) is 17.5 Å². The summed E-state index contributed by atoms with van der Waals surface area (Å²) >= 11 is 0. The Morgan fingerprint density at radius 2 is 1.80 bits per heavy atom. The van der Waals surface area contributed by atoms with Crippen molar-refractivity contribution in [2.24, 2.45) is 4.99 Å². The lowest BCUT2D eigenvalue weighted by molar-refractivity contribution is 0.180. The van der Waals surface area contributed by atoms with E-state index in [-0.39, 0.29) is 5.41 Å². The highest BCUT2D eigenvalue weighted by Gasteiger charge is 2.38. The minimum Gasteiger partial charge on any atom is -0.493 e. The Hall–Kier alpha value is -2.73. The Morgan fingerprint density at radius 3 is 2.40 bits per heavy atom. The molecule has 0 aliphatic heterocycles. The van der Waals surface area contributed by atoms with Crippen molar-refractivity contribution in [3.8, 4) is 11.5 Å². The monoisotopic (exact) mass is 411 g/mol. The quantitative estimate of drug-likeness (QED) is 0.436. The molecule has 0 aromatic heterocycles. The van der Waals surface area contributed by atoms with Gasteiger partial charge in [0.25, 0.3) is 0 Å². The summed E-state index contributed by atoms with van der Waals surface area (Å²) in [5, 5.41) is 17.2. The molecule has 0 radical (unpaired) electrons. The van der Waals surface area contributed by atoms with Gasteiger partial charge in [-0.25, -0.2) is 0 Å². The fourth-order valence-electron chi connectivity index (χ4n) is 3.88. The molecule has 1 atom stereocenters. The molecule has 3 N–H and O–H groups in total. The van der Waals surface area contributed by atoms with Gasteiger partial charge in [0, 0.05) is 18.5 Å². The first-order chi connectivity index (χ1) is 14.6. The normalized spacial score (nSPS) is 16.3. The van der Waals surface area contributed by atoms with E-state index in [1.165, 1.54) is 12.0 Å². The fourth-order valence-corrected chi connectivity index (χ4v) is 3.88. The summed E-state index contributed by atoms with van der Waals surface area (Å²) in [4.78, 5) is 4.85. The van der Waals surface area contributed by atoms with Gasteiger partial charge in [-0.2, -0.15) is 0 Å². The van der Waals surface area contributed by atoms with Gasteiger partial charge < -0.3 is 25.2 Å². The summed E-state index contributed by atoms with van der Waals surface area (Å²) in [5.74, 6) is 1.96. The van der Waals surface area contributed by atoms with Crippen molar-refractivity contribution >= 4 is 5.96 Å². The van der Waals surface area contributed by atoms with E-state index in [0.29, 0.717) is 18.0 Å². The molecule has 1 aliphatic carbocycles. The fraction of sp³-hybridized carbons (Fsp3) is 0.458. The lowest BCUT2D eigenvalue weighted by atomic mass is 9.64. The van der Waals surface area contributed by atoms with Gasteiger partial charge in [0.2, 0.25) is 0 Å². The Labute approximate surface area is 179 Å². The van der Waals surface area contributed by atoms with Crippen LogP contribution in [0.1, 0.15) is 43.4 Å². The second kappa shape index (κ2) is 10.3. The Morgan fingerprint density at radius 1 is 1.07 bits per heavy atom. The van der Waals surface area contributed by atoms with Gasteiger partial charge >= 0.3 is 0 Å². The van der Waals surface area contributed by atoms with Crippen molar-refractivity contribution in [1.29, 1.82) is 0 Å². The zero-order valence-corrected chi connectivity index (χ0v) is 18.1. The van der Waals surface area contributed by atoms with E-state index < -0.39 is 6.10 Å². The third-order valence-electron chi connectivity index (χ3n) is 5.84. The molecule has 0 bridgehead atoms. The summed E-state index contributed by atoms with van der Waals surface area (Å²) < 4.78 is 10.6. The predicted molar refractivity (Wildman–Crippen MR) is 120 cm³/mol. The van der Waals surface area contributed by atoms with E-state index in [2.05, 4.69) is 41.0 Å². The van der Waals surface area contributed by atoms with Crippen molar-refractivity contribution < 1.29 is 14.6 Å². The van der Waals surface area contributed by atoms with E-state index in [1.54, 1.807) is 26.4 Å². The average Bonchev–Trinajstić information content (AvgIpc) is 2.76. The highest BCUT2D eigenvalue weighted by Crippen LogP contribution is 2.43. The van der Waals surface area contributed by atoms with E-state index in [1.807, 2.05) is 13.0 Å². The molecular weight excluding hydrogens is 378 g/mol. The molecule has 2 aromatic carbocycles. The molecular formula is C24H33N3O3. The Balaban J connectivity index is 1.65. The average molecular weight is 412 g/mol. The summed E-state index contributed by atoms with van der Waals surface area (Å²) in [6.07, 6.45) is 2.87. The molecule has 1 fully saturated rings. The summed E-state index contributed by atoms with van der Waals surface area (Å²) in [6.45, 7) is 3.88. The van der Waals surface area contributed by atoms with Crippen LogP contribution in [0.5, 0.6) is 11.5 Å². The van der Waals surface area contributed by atoms with E-state index in [9.17, 15) is 5.11 Å². The lowest BCUT2D eigenvalue weighted by Crippen LogP contribution is -2.42. The third kappa shape index (κ3) is 5.05. The third-order valence-corrected chi connectivity index (χ3v) is 5.84. The van der Waals surface area contributed by atoms with E-state index >= 15 is 0 Å². The van der Waals surface area contributed by atoms with Crippen molar-refractivity contribution in [2.75, 3.05) is 33.9 Å². The van der Waals surface area contributed by atoms with E-state index in [4.69, 9.17) is 14.5 Å². The molecule has 2 aromatic rings. The topological polar surface area (TPSA) is 75.1 Å². The maximum absolute atomic E-state index is 10.6. The number of hydrogen-bond acceptors (Lipinski definition) is 4. The number of guanidine groups is 1. The minimum atomic E-state index is -0.694. The van der Waals surface area contributed by atoms with Gasteiger partial charge in [-0.3, -0.25) is 4.99 Å². The van der Waals surface area contributed by atoms with Crippen LogP contribution in [0.25, 0.3) is 0 Å². The first kappa shape index (κ1) is 22.0. The molecule has 1 unspecified atom stereocenters. The first-order valence-corrected chi connectivity index (χ1v) is 10.6. The number of aliphatic hydroxyl groups excluding tert-OH is 1. The van der Waals surface area contributed by atoms with Crippen LogP contribution in [0.2, 0.25) is 0 Å². The molecule has 1 aliphatic rings. The van der Waals surface area contributed by atoms with Crippen LogP contribution in [0.4, 0.5) is 0 Å². The minimum absolute atomic E-state index is 0.131. The number of benzene rings is 2. The van der Waals surface area contributed by atoms with Crippen LogP contribution < -0.4 is 20.1 Å². The summed E-state index contributed by atoms with van der Waals surface area (Å²) in [7, 11) is 3.18. The number of nitrogens with zero attached hydrogens (tertiary/aromatic N) is 1. The van der Waals surface area contributed by atoms with Crippen LogP contribution in [-0.4, -0.2) is 44.9 Å². The smallest absolute Gasteiger partial charge is 0.191 e. The Bertz CT molecular complexity index is 835. The number of ether oxygens (including phenoxy) is 2. The van der Waals surface area contributed by atoms with Crippen molar-refractivity contribution in [3.63, 3.8) is 0 Å². The highest BCUT2D eigenvalue weighted by molar-refractivity contribution is 5.79. The lowest BCUT2D eigenvalue weighted by Gasteiger charge is -2.41. The van der Waals surface area contributed by atoms with Crippen LogP contribution in [-0.2, 0) is 5.41 Å². The summed E-state index contributed by atoms with van der Waals surface area (Å²) in [5.41, 5.74) is 2.25. The number of aliphatic hydroxyl groups is 1. The molecule has 30 heavy (non-hydrogen) atoms. The highest BCUT2D eigenvalue weighted by atomic mass is 16.5. The molecule has 0 heterocycles. The van der Waals surface area contributed by atoms with Crippen LogP contribution in [0.15, 0.2) is 53.5 Å². The number of aliphatic imine (C=N–C) groups is 1. The number of rotatable bonds is 9. The zero-order chi connectivity index (χ0) is 21.4. The zero-order valence-electron chi connectivity index (χ0n) is 18.1.